The van der Waals surface area contributed by atoms with Gasteiger partial charge in [-0.2, -0.15) is 0 Å². The number of hydrogen-bond donors (Lipinski definition) is 1. The summed E-state index contributed by atoms with van der Waals surface area (Å²) in [6.07, 6.45) is 1.73. The van der Waals surface area contributed by atoms with Gasteiger partial charge in [0, 0.05) is 18.0 Å². The van der Waals surface area contributed by atoms with Gasteiger partial charge in [0.1, 0.15) is 17.2 Å². The number of pyridine rings is 1. The molecule has 2 N–H and O–H groups in total. The smallest absolute Gasteiger partial charge is 0.159 e. The van der Waals surface area contributed by atoms with Gasteiger partial charge >= 0.3 is 0 Å². The van der Waals surface area contributed by atoms with E-state index in [-0.39, 0.29) is 24.8 Å². The minimum atomic E-state index is 0. The highest BCUT2D eigenvalue weighted by Crippen LogP contribution is 2.28. The molecule has 0 aliphatic rings. The molecular weight excluding hydrogens is 381 g/mol. The maximum absolute atomic E-state index is 6.01. The fraction of sp³-hybridized carbons (Fsp3) is 0.294. The van der Waals surface area contributed by atoms with Gasteiger partial charge in [-0.05, 0) is 32.0 Å². The number of nitrogens with zero attached hydrogens (tertiary/aromatic N) is 2. The molecule has 0 radical (unpaired) electrons. The topological polar surface area (TPSA) is 69.7 Å². The molecule has 2 rings (SSSR count). The van der Waals surface area contributed by atoms with Gasteiger partial charge in [-0.15, -0.1) is 24.8 Å². The van der Waals surface area contributed by atoms with Gasteiger partial charge in [-0.3, -0.25) is 4.98 Å². The molecule has 0 aliphatic heterocycles. The number of thioether (sulfide) groups is 1. The van der Waals surface area contributed by atoms with Crippen LogP contribution in [0.15, 0.2) is 47.6 Å². The Balaban J connectivity index is 0.00000288. The first-order valence-corrected chi connectivity index (χ1v) is 8.48. The van der Waals surface area contributed by atoms with Crippen molar-refractivity contribution in [1.82, 2.24) is 4.98 Å². The predicted molar refractivity (Wildman–Crippen MR) is 110 cm³/mol. The van der Waals surface area contributed by atoms with Crippen LogP contribution < -0.4 is 15.2 Å². The summed E-state index contributed by atoms with van der Waals surface area (Å²) in [6.45, 7) is 5.12. The number of hydrogen-bond acceptors (Lipinski definition) is 5. The zero-order chi connectivity index (χ0) is 16.5. The third-order valence-electron chi connectivity index (χ3n) is 2.86. The van der Waals surface area contributed by atoms with Gasteiger partial charge < -0.3 is 15.2 Å². The van der Waals surface area contributed by atoms with Crippen LogP contribution in [0, 0.1) is 0 Å². The Labute approximate surface area is 165 Å². The van der Waals surface area contributed by atoms with E-state index in [0.29, 0.717) is 24.1 Å². The van der Waals surface area contributed by atoms with Crippen molar-refractivity contribution in [1.29, 1.82) is 0 Å². The highest BCUT2D eigenvalue weighted by molar-refractivity contribution is 8.13. The molecule has 0 atom stereocenters. The van der Waals surface area contributed by atoms with Crippen molar-refractivity contribution in [2.75, 3.05) is 13.2 Å². The van der Waals surface area contributed by atoms with Crippen LogP contribution in [0.2, 0.25) is 0 Å². The van der Waals surface area contributed by atoms with Gasteiger partial charge in [0.2, 0.25) is 0 Å². The molecule has 5 nitrogen and oxygen atoms in total. The number of halogens is 2. The van der Waals surface area contributed by atoms with Gasteiger partial charge in [0.05, 0.1) is 18.9 Å². The number of para-hydroxylation sites is 2. The second kappa shape index (κ2) is 12.7. The third kappa shape index (κ3) is 7.86. The number of aliphatic imine (C=N–C) groups is 1. The summed E-state index contributed by atoms with van der Waals surface area (Å²) >= 11 is 1.43. The van der Waals surface area contributed by atoms with E-state index in [4.69, 9.17) is 15.2 Å². The van der Waals surface area contributed by atoms with E-state index in [2.05, 4.69) is 9.98 Å². The fourth-order valence-corrected chi connectivity index (χ4v) is 2.53. The summed E-state index contributed by atoms with van der Waals surface area (Å²) < 4.78 is 11.0. The van der Waals surface area contributed by atoms with E-state index >= 15 is 0 Å². The van der Waals surface area contributed by atoms with Crippen molar-refractivity contribution >= 4 is 47.4 Å². The molecule has 1 aromatic carbocycles. The van der Waals surface area contributed by atoms with Crippen molar-refractivity contribution in [2.45, 2.75) is 19.6 Å². The zero-order valence-corrected chi connectivity index (χ0v) is 16.6. The number of rotatable bonds is 7. The number of nitrogens with two attached hydrogens (primary N) is 1. The lowest BCUT2D eigenvalue weighted by molar-refractivity contribution is 0.339. The molecule has 0 bridgehead atoms. The Bertz CT molecular complexity index is 672. The number of benzene rings is 1. The lowest BCUT2D eigenvalue weighted by Crippen LogP contribution is -2.07. The first-order valence-electron chi connectivity index (χ1n) is 7.49. The molecule has 25 heavy (non-hydrogen) atoms. The Hall–Kier alpha value is -1.63. The maximum atomic E-state index is 6.01. The molecule has 0 saturated heterocycles. The molecule has 1 aromatic heterocycles. The molecule has 138 valence electrons. The standard InChI is InChI=1S/C17H21N3O2S.2ClH/c1-3-21-14-9-10-19-13(11-14)12-23-17(18)20-15-7-5-6-8-16(15)22-4-2;;/h5-11H,3-4,12H2,1-2H3,(H2,18,20);2*1H. The van der Waals surface area contributed by atoms with E-state index in [1.54, 1.807) is 6.20 Å². The first-order chi connectivity index (χ1) is 11.2. The average molecular weight is 404 g/mol. The monoisotopic (exact) mass is 403 g/mol. The summed E-state index contributed by atoms with van der Waals surface area (Å²) in [5.74, 6) is 2.18. The summed E-state index contributed by atoms with van der Waals surface area (Å²) in [7, 11) is 0. The minimum Gasteiger partial charge on any atom is -0.494 e. The van der Waals surface area contributed by atoms with Crippen LogP contribution in [-0.2, 0) is 5.75 Å². The molecule has 0 spiro atoms. The minimum absolute atomic E-state index is 0. The highest BCUT2D eigenvalue weighted by atomic mass is 35.5. The van der Waals surface area contributed by atoms with Gasteiger partial charge in [-0.1, -0.05) is 23.9 Å². The molecule has 0 unspecified atom stereocenters. The van der Waals surface area contributed by atoms with E-state index in [1.807, 2.05) is 50.2 Å². The second-order valence-corrected chi connectivity index (χ2v) is 5.55. The largest absolute Gasteiger partial charge is 0.494 e. The molecule has 2 aromatic rings. The third-order valence-corrected chi connectivity index (χ3v) is 3.69. The molecule has 0 amide bonds. The van der Waals surface area contributed by atoms with Crippen molar-refractivity contribution < 1.29 is 9.47 Å². The first kappa shape index (κ1) is 23.4. The van der Waals surface area contributed by atoms with Crippen LogP contribution >= 0.6 is 36.6 Å². The molecule has 0 aliphatic carbocycles. The lowest BCUT2D eigenvalue weighted by Gasteiger charge is -2.07. The zero-order valence-electron chi connectivity index (χ0n) is 14.2. The number of aromatic nitrogens is 1. The normalized spacial score (nSPS) is 10.4. The summed E-state index contributed by atoms with van der Waals surface area (Å²) in [6, 6.07) is 11.3. The quantitative estimate of drug-likeness (QED) is 0.540. The van der Waals surface area contributed by atoms with Crippen molar-refractivity contribution in [3.8, 4) is 11.5 Å². The van der Waals surface area contributed by atoms with Crippen LogP contribution in [0.1, 0.15) is 19.5 Å². The van der Waals surface area contributed by atoms with Crippen LogP contribution in [-0.4, -0.2) is 23.4 Å². The Morgan fingerprint density at radius 1 is 1.12 bits per heavy atom. The molecule has 0 fully saturated rings. The molecule has 1 heterocycles. The summed E-state index contributed by atoms with van der Waals surface area (Å²) in [5, 5.41) is 0.473. The molecular formula is C17H23Cl2N3O2S. The summed E-state index contributed by atoms with van der Waals surface area (Å²) in [5.41, 5.74) is 7.65. The van der Waals surface area contributed by atoms with Gasteiger partial charge in [0.15, 0.2) is 5.17 Å². The van der Waals surface area contributed by atoms with Gasteiger partial charge in [-0.25, -0.2) is 4.99 Å². The van der Waals surface area contributed by atoms with Crippen molar-refractivity contribution in [3.05, 3.63) is 48.3 Å². The molecule has 8 heteroatoms. The SMILES string of the molecule is CCOc1ccnc(CSC(N)=Nc2ccccc2OCC)c1.Cl.Cl. The maximum Gasteiger partial charge on any atom is 0.159 e. The summed E-state index contributed by atoms with van der Waals surface area (Å²) in [4.78, 5) is 8.74. The van der Waals surface area contributed by atoms with Crippen molar-refractivity contribution in [3.63, 3.8) is 0 Å². The average Bonchev–Trinajstić information content (AvgIpc) is 2.56. The van der Waals surface area contributed by atoms with Crippen LogP contribution in [0.5, 0.6) is 11.5 Å². The lowest BCUT2D eigenvalue weighted by atomic mass is 10.3. The van der Waals surface area contributed by atoms with Crippen molar-refractivity contribution in [2.24, 2.45) is 10.7 Å². The second-order valence-electron chi connectivity index (χ2n) is 4.56. The highest BCUT2D eigenvalue weighted by Gasteiger charge is 2.04. The van der Waals surface area contributed by atoms with E-state index in [9.17, 15) is 0 Å². The Morgan fingerprint density at radius 3 is 2.56 bits per heavy atom. The number of ether oxygens (including phenoxy) is 2. The van der Waals surface area contributed by atoms with E-state index in [1.165, 1.54) is 11.8 Å². The van der Waals surface area contributed by atoms with E-state index < -0.39 is 0 Å². The number of amidine groups is 1. The van der Waals surface area contributed by atoms with Gasteiger partial charge in [0.25, 0.3) is 0 Å². The predicted octanol–water partition coefficient (Wildman–Crippen LogP) is 4.60. The fourth-order valence-electron chi connectivity index (χ4n) is 1.92. The van der Waals surface area contributed by atoms with Crippen LogP contribution in [0.25, 0.3) is 0 Å². The van der Waals surface area contributed by atoms with Crippen LogP contribution in [0.4, 0.5) is 5.69 Å². The van der Waals surface area contributed by atoms with Crippen LogP contribution in [0.3, 0.4) is 0 Å². The molecule has 0 saturated carbocycles. The Kier molecular flexibility index (Phi) is 11.9. The Morgan fingerprint density at radius 2 is 1.84 bits per heavy atom. The van der Waals surface area contributed by atoms with E-state index in [0.717, 1.165) is 22.9 Å².